The molecular weight excluding hydrogens is 324 g/mol. The molecule has 1 aromatic heterocycles. The molecule has 0 saturated carbocycles. The fraction of sp³-hybridized carbons (Fsp3) is 0.190. The Morgan fingerprint density at radius 1 is 0.962 bits per heavy atom. The average Bonchev–Trinajstić information content (AvgIpc) is 2.66. The molecule has 0 saturated heterocycles. The van der Waals surface area contributed by atoms with Crippen molar-refractivity contribution in [3.63, 3.8) is 0 Å². The van der Waals surface area contributed by atoms with Crippen molar-refractivity contribution in [2.45, 2.75) is 20.3 Å². The number of amides is 1. The molecule has 26 heavy (non-hydrogen) atoms. The Morgan fingerprint density at radius 2 is 1.77 bits per heavy atom. The Kier molecular flexibility index (Phi) is 5.59. The lowest BCUT2D eigenvalue weighted by atomic mass is 10.1. The van der Waals surface area contributed by atoms with E-state index in [9.17, 15) is 4.79 Å². The smallest absolute Gasteiger partial charge is 0.275 e. The molecule has 0 aliphatic carbocycles. The molecule has 0 bridgehead atoms. The van der Waals surface area contributed by atoms with Crippen LogP contribution in [-0.2, 0) is 6.42 Å². The zero-order valence-electron chi connectivity index (χ0n) is 15.0. The van der Waals surface area contributed by atoms with Crippen LogP contribution in [0.5, 0.6) is 0 Å². The van der Waals surface area contributed by atoms with E-state index in [1.54, 1.807) is 6.20 Å². The second-order valence-electron chi connectivity index (χ2n) is 6.20. The molecule has 3 rings (SSSR count). The fourth-order valence-electron chi connectivity index (χ4n) is 2.53. The van der Waals surface area contributed by atoms with Gasteiger partial charge in [0.2, 0.25) is 0 Å². The third kappa shape index (κ3) is 4.66. The van der Waals surface area contributed by atoms with Crippen molar-refractivity contribution in [3.05, 3.63) is 83.3 Å². The van der Waals surface area contributed by atoms with Gasteiger partial charge in [-0.2, -0.15) is 0 Å². The molecule has 3 aromatic rings. The first-order chi connectivity index (χ1) is 12.6. The zero-order chi connectivity index (χ0) is 18.4. The third-order valence-electron chi connectivity index (χ3n) is 4.21. The molecule has 5 nitrogen and oxygen atoms in total. The van der Waals surface area contributed by atoms with Crippen LogP contribution in [0.25, 0.3) is 0 Å². The minimum absolute atomic E-state index is 0.267. The molecule has 1 amide bonds. The summed E-state index contributed by atoms with van der Waals surface area (Å²) in [6.07, 6.45) is 3.97. The van der Waals surface area contributed by atoms with E-state index >= 15 is 0 Å². The predicted molar refractivity (Wildman–Crippen MR) is 105 cm³/mol. The number of nitrogens with one attached hydrogen (secondary N) is 2. The van der Waals surface area contributed by atoms with Crippen LogP contribution in [0.1, 0.15) is 27.2 Å². The number of nitrogens with zero attached hydrogens (tertiary/aromatic N) is 2. The van der Waals surface area contributed by atoms with Crippen LogP contribution in [0.3, 0.4) is 0 Å². The van der Waals surface area contributed by atoms with Gasteiger partial charge in [-0.15, -0.1) is 0 Å². The van der Waals surface area contributed by atoms with Gasteiger partial charge >= 0.3 is 0 Å². The second-order valence-corrected chi connectivity index (χ2v) is 6.20. The number of rotatable bonds is 6. The van der Waals surface area contributed by atoms with Crippen LogP contribution in [0, 0.1) is 13.8 Å². The van der Waals surface area contributed by atoms with Crippen LogP contribution < -0.4 is 10.6 Å². The van der Waals surface area contributed by atoms with Crippen molar-refractivity contribution in [2.24, 2.45) is 0 Å². The summed E-state index contributed by atoms with van der Waals surface area (Å²) >= 11 is 0. The van der Waals surface area contributed by atoms with Crippen LogP contribution >= 0.6 is 0 Å². The topological polar surface area (TPSA) is 66.9 Å². The number of carbonyl (C=O) groups is 1. The highest BCUT2D eigenvalue weighted by Gasteiger charge is 2.09. The predicted octanol–water partition coefficient (Wildman–Crippen LogP) is 4.00. The number of aryl methyl sites for hydroxylation is 2. The lowest BCUT2D eigenvalue weighted by molar-refractivity contribution is 0.102. The maximum Gasteiger partial charge on any atom is 0.275 e. The van der Waals surface area contributed by atoms with E-state index in [1.807, 2.05) is 50.2 Å². The van der Waals surface area contributed by atoms with Gasteiger partial charge in [0, 0.05) is 12.2 Å². The summed E-state index contributed by atoms with van der Waals surface area (Å²) < 4.78 is 0. The van der Waals surface area contributed by atoms with Gasteiger partial charge in [-0.05, 0) is 49.1 Å². The Labute approximate surface area is 153 Å². The average molecular weight is 346 g/mol. The minimum Gasteiger partial charge on any atom is -0.368 e. The summed E-state index contributed by atoms with van der Waals surface area (Å²) in [5.41, 5.74) is 4.62. The summed E-state index contributed by atoms with van der Waals surface area (Å²) in [6, 6.07) is 16.0. The van der Waals surface area contributed by atoms with Crippen LogP contribution in [0.15, 0.2) is 60.9 Å². The van der Waals surface area contributed by atoms with Crippen molar-refractivity contribution >= 4 is 17.4 Å². The third-order valence-corrected chi connectivity index (χ3v) is 4.21. The van der Waals surface area contributed by atoms with Gasteiger partial charge in [0.15, 0.2) is 0 Å². The Hall–Kier alpha value is -3.21. The number of aromatic nitrogens is 2. The van der Waals surface area contributed by atoms with Crippen LogP contribution in [0.4, 0.5) is 11.5 Å². The molecule has 1 heterocycles. The fourth-order valence-corrected chi connectivity index (χ4v) is 2.53. The van der Waals surface area contributed by atoms with E-state index in [0.717, 1.165) is 24.2 Å². The SMILES string of the molecule is Cc1ccc(NC(=O)c2cnc(NCCc3ccccc3)cn2)cc1C. The monoisotopic (exact) mass is 346 g/mol. The largest absolute Gasteiger partial charge is 0.368 e. The van der Waals surface area contributed by atoms with Gasteiger partial charge in [0.1, 0.15) is 11.5 Å². The second kappa shape index (κ2) is 8.25. The maximum absolute atomic E-state index is 12.3. The van der Waals surface area contributed by atoms with Crippen LogP contribution in [-0.4, -0.2) is 22.4 Å². The molecule has 2 N–H and O–H groups in total. The standard InChI is InChI=1S/C21H22N4O/c1-15-8-9-18(12-16(15)2)25-21(26)19-13-24-20(14-23-19)22-11-10-17-6-4-3-5-7-17/h3-9,12-14H,10-11H2,1-2H3,(H,22,24)(H,25,26). The summed E-state index contributed by atoms with van der Waals surface area (Å²) in [5.74, 6) is 0.389. The van der Waals surface area contributed by atoms with Gasteiger partial charge in [0.25, 0.3) is 5.91 Å². The van der Waals surface area contributed by atoms with Crippen LogP contribution in [0.2, 0.25) is 0 Å². The van der Waals surface area contributed by atoms with Gasteiger partial charge in [-0.3, -0.25) is 4.79 Å². The first kappa shape index (κ1) is 17.6. The van der Waals surface area contributed by atoms with Gasteiger partial charge in [-0.25, -0.2) is 9.97 Å². The van der Waals surface area contributed by atoms with Crippen molar-refractivity contribution in [2.75, 3.05) is 17.2 Å². The summed E-state index contributed by atoms with van der Waals surface area (Å²) in [4.78, 5) is 20.8. The lowest BCUT2D eigenvalue weighted by Crippen LogP contribution is -2.15. The number of hydrogen-bond acceptors (Lipinski definition) is 4. The number of benzene rings is 2. The van der Waals surface area contributed by atoms with Gasteiger partial charge < -0.3 is 10.6 Å². The Balaban J connectivity index is 1.54. The highest BCUT2D eigenvalue weighted by atomic mass is 16.1. The molecule has 0 radical (unpaired) electrons. The molecule has 0 aliphatic rings. The molecule has 0 unspecified atom stereocenters. The molecule has 132 valence electrons. The van der Waals surface area contributed by atoms with E-state index in [1.165, 1.54) is 17.3 Å². The number of anilines is 2. The van der Waals surface area contributed by atoms with E-state index in [0.29, 0.717) is 5.82 Å². The highest BCUT2D eigenvalue weighted by Crippen LogP contribution is 2.15. The lowest BCUT2D eigenvalue weighted by Gasteiger charge is -2.08. The first-order valence-corrected chi connectivity index (χ1v) is 8.60. The van der Waals surface area contributed by atoms with Crippen molar-refractivity contribution in [1.82, 2.24) is 9.97 Å². The Morgan fingerprint density at radius 3 is 2.46 bits per heavy atom. The molecule has 0 fully saturated rings. The number of hydrogen-bond donors (Lipinski definition) is 2. The normalized spacial score (nSPS) is 10.4. The van der Waals surface area contributed by atoms with E-state index in [4.69, 9.17) is 0 Å². The van der Waals surface area contributed by atoms with Crippen molar-refractivity contribution in [1.29, 1.82) is 0 Å². The van der Waals surface area contributed by atoms with Crippen molar-refractivity contribution < 1.29 is 4.79 Å². The number of carbonyl (C=O) groups excluding carboxylic acids is 1. The summed E-state index contributed by atoms with van der Waals surface area (Å²) in [7, 11) is 0. The van der Waals surface area contributed by atoms with Gasteiger partial charge in [-0.1, -0.05) is 36.4 Å². The van der Waals surface area contributed by atoms with E-state index < -0.39 is 0 Å². The molecule has 2 aromatic carbocycles. The van der Waals surface area contributed by atoms with Crippen molar-refractivity contribution in [3.8, 4) is 0 Å². The molecule has 0 atom stereocenters. The van der Waals surface area contributed by atoms with E-state index in [2.05, 4.69) is 32.7 Å². The molecule has 0 aliphatic heterocycles. The molecular formula is C21H22N4O. The molecule has 0 spiro atoms. The molecule has 5 heteroatoms. The summed E-state index contributed by atoms with van der Waals surface area (Å²) in [6.45, 7) is 4.81. The van der Waals surface area contributed by atoms with E-state index in [-0.39, 0.29) is 11.6 Å². The minimum atomic E-state index is -0.267. The quantitative estimate of drug-likeness (QED) is 0.708. The Bertz CT molecular complexity index is 876. The highest BCUT2D eigenvalue weighted by molar-refractivity contribution is 6.02. The first-order valence-electron chi connectivity index (χ1n) is 8.60. The summed E-state index contributed by atoms with van der Waals surface area (Å²) in [5, 5.41) is 6.07. The maximum atomic E-state index is 12.3. The zero-order valence-corrected chi connectivity index (χ0v) is 15.0. The van der Waals surface area contributed by atoms with Gasteiger partial charge in [0.05, 0.1) is 12.4 Å².